The summed E-state index contributed by atoms with van der Waals surface area (Å²) in [7, 11) is 0. The van der Waals surface area contributed by atoms with Crippen molar-refractivity contribution in [3.8, 4) is 0 Å². The standard InChI is InChI=1S/C16H17F2NS/c1-2-19-10-12-4-3-5-15(8-12)20-11-13-9-14(17)6-7-16(13)18/h3-9,19H,2,10-11H2,1H3. The van der Waals surface area contributed by atoms with Gasteiger partial charge < -0.3 is 5.32 Å². The summed E-state index contributed by atoms with van der Waals surface area (Å²) in [4.78, 5) is 1.06. The zero-order chi connectivity index (χ0) is 14.4. The molecule has 1 nitrogen and oxygen atoms in total. The van der Waals surface area contributed by atoms with Gasteiger partial charge in [-0.15, -0.1) is 11.8 Å². The van der Waals surface area contributed by atoms with Gasteiger partial charge in [-0.3, -0.25) is 0 Å². The molecule has 106 valence electrons. The van der Waals surface area contributed by atoms with Crippen LogP contribution in [0.15, 0.2) is 47.4 Å². The molecule has 0 spiro atoms. The Bertz CT molecular complexity index is 572. The molecule has 0 heterocycles. The fourth-order valence-electron chi connectivity index (χ4n) is 1.83. The van der Waals surface area contributed by atoms with Crippen LogP contribution in [-0.2, 0) is 12.3 Å². The summed E-state index contributed by atoms with van der Waals surface area (Å²) in [5, 5.41) is 3.26. The van der Waals surface area contributed by atoms with Crippen LogP contribution in [-0.4, -0.2) is 6.54 Å². The fourth-order valence-corrected chi connectivity index (χ4v) is 2.78. The normalized spacial score (nSPS) is 10.8. The Morgan fingerprint density at radius 3 is 2.75 bits per heavy atom. The average molecular weight is 293 g/mol. The maximum atomic E-state index is 13.5. The highest BCUT2D eigenvalue weighted by molar-refractivity contribution is 7.98. The zero-order valence-corrected chi connectivity index (χ0v) is 12.1. The van der Waals surface area contributed by atoms with Crippen molar-refractivity contribution in [3.05, 3.63) is 65.2 Å². The van der Waals surface area contributed by atoms with Crippen molar-refractivity contribution in [2.24, 2.45) is 0 Å². The van der Waals surface area contributed by atoms with E-state index >= 15 is 0 Å². The first-order valence-electron chi connectivity index (χ1n) is 6.55. The Labute approximate surface area is 122 Å². The summed E-state index contributed by atoms with van der Waals surface area (Å²) in [6.07, 6.45) is 0. The summed E-state index contributed by atoms with van der Waals surface area (Å²) in [5.41, 5.74) is 1.59. The molecular formula is C16H17F2NS. The summed E-state index contributed by atoms with van der Waals surface area (Å²) in [6.45, 7) is 3.80. The number of rotatable bonds is 6. The third kappa shape index (κ3) is 4.32. The molecule has 2 aromatic rings. The van der Waals surface area contributed by atoms with Crippen LogP contribution in [0.5, 0.6) is 0 Å². The van der Waals surface area contributed by atoms with Gasteiger partial charge in [0, 0.05) is 22.8 Å². The van der Waals surface area contributed by atoms with E-state index in [0.29, 0.717) is 11.3 Å². The molecule has 0 aliphatic rings. The van der Waals surface area contributed by atoms with Gasteiger partial charge in [-0.25, -0.2) is 8.78 Å². The van der Waals surface area contributed by atoms with E-state index in [4.69, 9.17) is 0 Å². The van der Waals surface area contributed by atoms with Gasteiger partial charge in [-0.2, -0.15) is 0 Å². The van der Waals surface area contributed by atoms with Crippen molar-refractivity contribution in [3.63, 3.8) is 0 Å². The van der Waals surface area contributed by atoms with E-state index in [1.54, 1.807) is 0 Å². The van der Waals surface area contributed by atoms with Crippen molar-refractivity contribution in [2.75, 3.05) is 6.54 Å². The van der Waals surface area contributed by atoms with Crippen molar-refractivity contribution < 1.29 is 8.78 Å². The number of hydrogen-bond donors (Lipinski definition) is 1. The van der Waals surface area contributed by atoms with E-state index in [1.807, 2.05) is 12.1 Å². The number of halogens is 2. The van der Waals surface area contributed by atoms with Crippen LogP contribution in [0, 0.1) is 11.6 Å². The van der Waals surface area contributed by atoms with Crippen molar-refractivity contribution in [1.82, 2.24) is 5.32 Å². The van der Waals surface area contributed by atoms with Gasteiger partial charge in [-0.05, 0) is 42.4 Å². The first-order chi connectivity index (χ1) is 9.69. The molecule has 20 heavy (non-hydrogen) atoms. The lowest BCUT2D eigenvalue weighted by Gasteiger charge is -2.07. The second kappa shape index (κ2) is 7.41. The van der Waals surface area contributed by atoms with Crippen LogP contribution >= 0.6 is 11.8 Å². The molecule has 1 N–H and O–H groups in total. The van der Waals surface area contributed by atoms with Crippen LogP contribution in [0.4, 0.5) is 8.78 Å². The quantitative estimate of drug-likeness (QED) is 0.794. The van der Waals surface area contributed by atoms with E-state index in [0.717, 1.165) is 24.1 Å². The molecule has 0 unspecified atom stereocenters. The first kappa shape index (κ1) is 15.0. The molecule has 4 heteroatoms. The smallest absolute Gasteiger partial charge is 0.127 e. The van der Waals surface area contributed by atoms with Gasteiger partial charge in [0.05, 0.1) is 0 Å². The van der Waals surface area contributed by atoms with E-state index in [9.17, 15) is 8.78 Å². The molecular weight excluding hydrogens is 276 g/mol. The molecule has 0 fully saturated rings. The highest BCUT2D eigenvalue weighted by Gasteiger charge is 2.05. The molecule has 0 aliphatic carbocycles. The largest absolute Gasteiger partial charge is 0.313 e. The van der Waals surface area contributed by atoms with Crippen molar-refractivity contribution in [1.29, 1.82) is 0 Å². The van der Waals surface area contributed by atoms with Gasteiger partial charge in [0.2, 0.25) is 0 Å². The molecule has 0 aromatic heterocycles. The fraction of sp³-hybridized carbons (Fsp3) is 0.250. The Hall–Kier alpha value is -1.39. The lowest BCUT2D eigenvalue weighted by atomic mass is 10.2. The van der Waals surface area contributed by atoms with Gasteiger partial charge in [0.25, 0.3) is 0 Å². The predicted octanol–water partition coefficient (Wildman–Crippen LogP) is 4.37. The van der Waals surface area contributed by atoms with Gasteiger partial charge in [-0.1, -0.05) is 19.1 Å². The summed E-state index contributed by atoms with van der Waals surface area (Å²) in [5.74, 6) is -0.334. The Balaban J connectivity index is 2.01. The predicted molar refractivity (Wildman–Crippen MR) is 79.7 cm³/mol. The summed E-state index contributed by atoms with van der Waals surface area (Å²) in [6, 6.07) is 11.7. The first-order valence-corrected chi connectivity index (χ1v) is 7.54. The number of benzene rings is 2. The number of thioether (sulfide) groups is 1. The minimum absolute atomic E-state index is 0.359. The highest BCUT2D eigenvalue weighted by atomic mass is 32.2. The molecule has 0 atom stereocenters. The van der Waals surface area contributed by atoms with Gasteiger partial charge >= 0.3 is 0 Å². The summed E-state index contributed by atoms with van der Waals surface area (Å²) < 4.78 is 26.6. The van der Waals surface area contributed by atoms with Crippen LogP contribution in [0.25, 0.3) is 0 Å². The second-order valence-corrected chi connectivity index (χ2v) is 5.50. The van der Waals surface area contributed by atoms with Crippen molar-refractivity contribution in [2.45, 2.75) is 24.1 Å². The molecule has 0 saturated carbocycles. The minimum Gasteiger partial charge on any atom is -0.313 e. The van der Waals surface area contributed by atoms with E-state index in [1.165, 1.54) is 29.5 Å². The molecule has 2 aromatic carbocycles. The van der Waals surface area contributed by atoms with Crippen LogP contribution in [0.3, 0.4) is 0 Å². The number of hydrogen-bond acceptors (Lipinski definition) is 2. The SMILES string of the molecule is CCNCc1cccc(SCc2cc(F)ccc2F)c1. The molecule has 0 bridgehead atoms. The minimum atomic E-state index is -0.400. The van der Waals surface area contributed by atoms with Gasteiger partial charge in [0.1, 0.15) is 11.6 Å². The molecule has 2 rings (SSSR count). The zero-order valence-electron chi connectivity index (χ0n) is 11.3. The monoisotopic (exact) mass is 293 g/mol. The molecule has 0 radical (unpaired) electrons. The lowest BCUT2D eigenvalue weighted by molar-refractivity contribution is 0.591. The maximum absolute atomic E-state index is 13.5. The van der Waals surface area contributed by atoms with E-state index in [2.05, 4.69) is 24.4 Å². The Morgan fingerprint density at radius 2 is 1.95 bits per heavy atom. The van der Waals surface area contributed by atoms with Crippen LogP contribution in [0.1, 0.15) is 18.1 Å². The molecule has 0 saturated heterocycles. The number of nitrogens with one attached hydrogen (secondary N) is 1. The second-order valence-electron chi connectivity index (χ2n) is 4.45. The van der Waals surface area contributed by atoms with E-state index < -0.39 is 5.82 Å². The van der Waals surface area contributed by atoms with Crippen molar-refractivity contribution >= 4 is 11.8 Å². The topological polar surface area (TPSA) is 12.0 Å². The molecule has 0 aliphatic heterocycles. The van der Waals surface area contributed by atoms with Gasteiger partial charge in [0.15, 0.2) is 0 Å². The Kier molecular flexibility index (Phi) is 5.56. The molecule has 0 amide bonds. The van der Waals surface area contributed by atoms with E-state index in [-0.39, 0.29) is 5.82 Å². The lowest BCUT2D eigenvalue weighted by Crippen LogP contribution is -2.11. The van der Waals surface area contributed by atoms with Crippen LogP contribution < -0.4 is 5.32 Å². The third-order valence-corrected chi connectivity index (χ3v) is 3.92. The highest BCUT2D eigenvalue weighted by Crippen LogP contribution is 2.25. The average Bonchev–Trinajstić information content (AvgIpc) is 2.46. The summed E-state index contributed by atoms with van der Waals surface area (Å²) >= 11 is 1.51. The maximum Gasteiger partial charge on any atom is 0.127 e. The van der Waals surface area contributed by atoms with Crippen LogP contribution in [0.2, 0.25) is 0 Å². The Morgan fingerprint density at radius 1 is 1.10 bits per heavy atom. The third-order valence-electron chi connectivity index (χ3n) is 2.88.